The van der Waals surface area contributed by atoms with Crippen molar-refractivity contribution >= 4 is 32.7 Å². The van der Waals surface area contributed by atoms with Gasteiger partial charge in [0.1, 0.15) is 17.3 Å². The summed E-state index contributed by atoms with van der Waals surface area (Å²) in [4.78, 5) is 3.36. The first-order valence-electron chi connectivity index (χ1n) is 8.94. The second-order valence-electron chi connectivity index (χ2n) is 6.53. The molecule has 10 heteroatoms. The number of imidazole rings is 1. The Hall–Kier alpha value is -3.04. The molecule has 0 radical (unpaired) electrons. The van der Waals surface area contributed by atoms with E-state index >= 15 is 0 Å². The van der Waals surface area contributed by atoms with Gasteiger partial charge in [-0.15, -0.1) is 0 Å². The summed E-state index contributed by atoms with van der Waals surface area (Å²) in [6.45, 7) is -0.271. The van der Waals surface area contributed by atoms with Crippen molar-refractivity contribution in [2.24, 2.45) is 0 Å². The largest absolute Gasteiger partial charge is 0.486 e. The quantitative estimate of drug-likeness (QED) is 0.388. The topological polar surface area (TPSA) is 61.2 Å². The molecule has 0 spiro atoms. The SMILES string of the molecule is O=S(=O)(c1ccc(Cl)cc1C(F)(F)F)n1c(COc2ccccc2)nc2ccccc21. The minimum absolute atomic E-state index is 0.0619. The third-order valence-electron chi connectivity index (χ3n) is 4.46. The molecule has 0 amide bonds. The maximum absolute atomic E-state index is 13.6. The molecule has 3 aromatic carbocycles. The van der Waals surface area contributed by atoms with Crippen molar-refractivity contribution in [3.05, 3.63) is 89.2 Å². The molecule has 4 aromatic rings. The summed E-state index contributed by atoms with van der Waals surface area (Å²) in [6.07, 6.45) is -4.93. The van der Waals surface area contributed by atoms with Gasteiger partial charge in [-0.3, -0.25) is 0 Å². The molecule has 5 nitrogen and oxygen atoms in total. The molecule has 0 atom stereocenters. The molecule has 1 aromatic heterocycles. The Labute approximate surface area is 180 Å². The number of hydrogen-bond donors (Lipinski definition) is 0. The second-order valence-corrected chi connectivity index (χ2v) is 8.72. The van der Waals surface area contributed by atoms with Gasteiger partial charge in [-0.1, -0.05) is 41.9 Å². The van der Waals surface area contributed by atoms with Crippen LogP contribution in [0.4, 0.5) is 13.2 Å². The van der Waals surface area contributed by atoms with Crippen molar-refractivity contribution in [2.45, 2.75) is 17.7 Å². The molecule has 160 valence electrons. The van der Waals surface area contributed by atoms with Gasteiger partial charge in [-0.05, 0) is 42.5 Å². The van der Waals surface area contributed by atoms with Crippen LogP contribution in [0.1, 0.15) is 11.4 Å². The highest BCUT2D eigenvalue weighted by atomic mass is 35.5. The van der Waals surface area contributed by atoms with Gasteiger partial charge < -0.3 is 4.74 Å². The average molecular weight is 467 g/mol. The van der Waals surface area contributed by atoms with Crippen molar-refractivity contribution in [2.75, 3.05) is 0 Å². The summed E-state index contributed by atoms with van der Waals surface area (Å²) in [5, 5.41) is -0.227. The Morgan fingerprint density at radius 3 is 2.35 bits per heavy atom. The van der Waals surface area contributed by atoms with Gasteiger partial charge in [0.15, 0.2) is 5.82 Å². The smallest absolute Gasteiger partial charge is 0.417 e. The lowest BCUT2D eigenvalue weighted by Crippen LogP contribution is -2.21. The first kappa shape index (κ1) is 21.2. The summed E-state index contributed by atoms with van der Waals surface area (Å²) < 4.78 is 74.1. The first-order valence-corrected chi connectivity index (χ1v) is 10.8. The molecule has 0 aliphatic rings. The third kappa shape index (κ3) is 4.11. The van der Waals surface area contributed by atoms with Crippen LogP contribution in [0.25, 0.3) is 11.0 Å². The molecule has 31 heavy (non-hydrogen) atoms. The number of aromatic nitrogens is 2. The highest BCUT2D eigenvalue weighted by Crippen LogP contribution is 2.37. The summed E-state index contributed by atoms with van der Waals surface area (Å²) >= 11 is 5.71. The lowest BCUT2D eigenvalue weighted by atomic mass is 10.2. The monoisotopic (exact) mass is 466 g/mol. The molecule has 0 aliphatic heterocycles. The molecule has 0 unspecified atom stereocenters. The summed E-state index contributed by atoms with van der Waals surface area (Å²) in [5.41, 5.74) is -0.912. The number of halogens is 4. The maximum atomic E-state index is 13.6. The van der Waals surface area contributed by atoms with E-state index in [1.54, 1.807) is 48.5 Å². The van der Waals surface area contributed by atoms with Crippen molar-refractivity contribution < 1.29 is 26.3 Å². The van der Waals surface area contributed by atoms with Gasteiger partial charge in [0.25, 0.3) is 10.0 Å². The number of hydrogen-bond acceptors (Lipinski definition) is 4. The predicted octanol–water partition coefficient (Wildman–Crippen LogP) is 5.52. The third-order valence-corrected chi connectivity index (χ3v) is 6.50. The lowest BCUT2D eigenvalue weighted by molar-refractivity contribution is -0.139. The van der Waals surface area contributed by atoms with E-state index < -0.39 is 26.7 Å². The number of rotatable bonds is 5. The Morgan fingerprint density at radius 2 is 1.65 bits per heavy atom. The molecule has 0 bridgehead atoms. The van der Waals surface area contributed by atoms with Gasteiger partial charge in [-0.2, -0.15) is 13.2 Å². The number of benzene rings is 3. The predicted molar refractivity (Wildman–Crippen MR) is 110 cm³/mol. The van der Waals surface area contributed by atoms with Crippen LogP contribution in [0.5, 0.6) is 5.75 Å². The molecule has 0 N–H and O–H groups in total. The highest BCUT2D eigenvalue weighted by molar-refractivity contribution is 7.90. The van der Waals surface area contributed by atoms with Crippen LogP contribution in [-0.2, 0) is 22.8 Å². The fourth-order valence-electron chi connectivity index (χ4n) is 3.12. The van der Waals surface area contributed by atoms with Crippen LogP contribution in [0.15, 0.2) is 77.7 Å². The van der Waals surface area contributed by atoms with Gasteiger partial charge in [0.05, 0.1) is 16.6 Å². The molecule has 0 fully saturated rings. The molecule has 0 saturated carbocycles. The van der Waals surface area contributed by atoms with E-state index in [1.165, 1.54) is 6.07 Å². The summed E-state index contributed by atoms with van der Waals surface area (Å²) in [7, 11) is -4.69. The molecule has 4 rings (SSSR count). The number of fused-ring (bicyclic) bond motifs is 1. The van der Waals surface area contributed by atoms with Crippen molar-refractivity contribution in [1.29, 1.82) is 0 Å². The maximum Gasteiger partial charge on any atom is 0.417 e. The Kier molecular flexibility index (Phi) is 5.40. The van der Waals surface area contributed by atoms with Gasteiger partial charge in [-0.25, -0.2) is 17.4 Å². The highest BCUT2D eigenvalue weighted by Gasteiger charge is 2.39. The fraction of sp³-hybridized carbons (Fsp3) is 0.0952. The molecule has 1 heterocycles. The van der Waals surface area contributed by atoms with Crippen LogP contribution in [0.2, 0.25) is 5.02 Å². The van der Waals surface area contributed by atoms with E-state index in [0.717, 1.165) is 16.1 Å². The minimum atomic E-state index is -4.93. The zero-order chi connectivity index (χ0) is 22.2. The molecular weight excluding hydrogens is 453 g/mol. The molecule has 0 saturated heterocycles. The van der Waals surface area contributed by atoms with E-state index in [4.69, 9.17) is 16.3 Å². The van der Waals surface area contributed by atoms with Crippen molar-refractivity contribution in [1.82, 2.24) is 8.96 Å². The number of ether oxygens (including phenoxy) is 1. The van der Waals surface area contributed by atoms with Crippen LogP contribution < -0.4 is 4.74 Å². The summed E-state index contributed by atoms with van der Waals surface area (Å²) in [6, 6.07) is 17.4. The van der Waals surface area contributed by atoms with Gasteiger partial charge in [0.2, 0.25) is 0 Å². The van der Waals surface area contributed by atoms with E-state index in [0.29, 0.717) is 17.3 Å². The van der Waals surface area contributed by atoms with Crippen LogP contribution in [-0.4, -0.2) is 17.4 Å². The number of para-hydroxylation sites is 3. The second kappa shape index (κ2) is 7.90. The fourth-order valence-corrected chi connectivity index (χ4v) is 4.97. The van der Waals surface area contributed by atoms with Crippen molar-refractivity contribution in [3.63, 3.8) is 0 Å². The van der Waals surface area contributed by atoms with Crippen LogP contribution in [0, 0.1) is 0 Å². The average Bonchev–Trinajstić information content (AvgIpc) is 3.11. The van der Waals surface area contributed by atoms with E-state index in [1.807, 2.05) is 0 Å². The standard InChI is InChI=1S/C21H14ClF3N2O3S/c22-14-10-11-19(16(12-14)21(23,24)25)31(28,29)27-18-9-5-4-8-17(18)26-20(27)13-30-15-6-2-1-3-7-15/h1-12H,13H2. The Morgan fingerprint density at radius 1 is 0.968 bits per heavy atom. The lowest BCUT2D eigenvalue weighted by Gasteiger charge is -2.16. The molecular formula is C21H14ClF3N2O3S. The van der Waals surface area contributed by atoms with Crippen LogP contribution in [0.3, 0.4) is 0 Å². The number of alkyl halides is 3. The van der Waals surface area contributed by atoms with E-state index in [2.05, 4.69) is 4.98 Å². The minimum Gasteiger partial charge on any atom is -0.486 e. The Bertz CT molecular complexity index is 1350. The van der Waals surface area contributed by atoms with Gasteiger partial charge in [0, 0.05) is 5.02 Å². The summed E-state index contributed by atoms with van der Waals surface area (Å²) in [5.74, 6) is 0.397. The van der Waals surface area contributed by atoms with Crippen LogP contribution >= 0.6 is 11.6 Å². The normalized spacial score (nSPS) is 12.3. The van der Waals surface area contributed by atoms with E-state index in [9.17, 15) is 21.6 Å². The van der Waals surface area contributed by atoms with Gasteiger partial charge >= 0.3 is 6.18 Å². The van der Waals surface area contributed by atoms with E-state index in [-0.39, 0.29) is 23.0 Å². The molecule has 0 aliphatic carbocycles. The first-order chi connectivity index (χ1) is 14.7. The Balaban J connectivity index is 1.89. The number of nitrogens with zero attached hydrogens (tertiary/aromatic N) is 2. The van der Waals surface area contributed by atoms with Crippen molar-refractivity contribution in [3.8, 4) is 5.75 Å². The zero-order valence-electron chi connectivity index (χ0n) is 15.7. The zero-order valence-corrected chi connectivity index (χ0v) is 17.2.